The van der Waals surface area contributed by atoms with Gasteiger partial charge in [-0.2, -0.15) is 0 Å². The van der Waals surface area contributed by atoms with E-state index in [2.05, 4.69) is 5.32 Å². The van der Waals surface area contributed by atoms with Crippen LogP contribution in [0.2, 0.25) is 0 Å². The number of ether oxygens (including phenoxy) is 1. The maximum atomic E-state index is 9.63. The minimum atomic E-state index is -0.699. The van der Waals surface area contributed by atoms with Crippen molar-refractivity contribution in [3.63, 3.8) is 0 Å². The van der Waals surface area contributed by atoms with E-state index in [1.807, 2.05) is 56.3 Å². The predicted molar refractivity (Wildman–Crippen MR) is 78.0 cm³/mol. The van der Waals surface area contributed by atoms with Gasteiger partial charge in [0.2, 0.25) is 0 Å². The van der Waals surface area contributed by atoms with Crippen LogP contribution in [0.15, 0.2) is 54.8 Å². The van der Waals surface area contributed by atoms with Crippen molar-refractivity contribution in [3.8, 4) is 5.75 Å². The summed E-state index contributed by atoms with van der Waals surface area (Å²) in [5.74, 6) is 0.783. The normalized spacial score (nSPS) is 13.3. The van der Waals surface area contributed by atoms with Gasteiger partial charge < -0.3 is 9.84 Å². The second-order valence-corrected chi connectivity index (χ2v) is 4.69. The van der Waals surface area contributed by atoms with Crippen molar-refractivity contribution in [2.24, 2.45) is 0 Å². The molecule has 3 nitrogen and oxygen atoms in total. The summed E-state index contributed by atoms with van der Waals surface area (Å²) < 4.78 is 5.59. The Hall–Kier alpha value is -1.84. The molecule has 0 saturated carbocycles. The second-order valence-electron chi connectivity index (χ2n) is 4.69. The highest BCUT2D eigenvalue weighted by atomic mass is 16.5. The Morgan fingerprint density at radius 1 is 1.11 bits per heavy atom. The first-order chi connectivity index (χ1) is 9.16. The van der Waals surface area contributed by atoms with Crippen LogP contribution < -0.4 is 10.1 Å². The van der Waals surface area contributed by atoms with Gasteiger partial charge in [-0.05, 0) is 31.4 Å². The van der Waals surface area contributed by atoms with Crippen LogP contribution in [0.3, 0.4) is 0 Å². The van der Waals surface area contributed by atoms with Gasteiger partial charge in [-0.25, -0.2) is 0 Å². The number of aliphatic hydroxyl groups is 1. The number of nitrogens with one attached hydrogen (secondary N) is 1. The van der Waals surface area contributed by atoms with Gasteiger partial charge >= 0.3 is 0 Å². The summed E-state index contributed by atoms with van der Waals surface area (Å²) in [6.07, 6.45) is 2.40. The van der Waals surface area contributed by atoms with Gasteiger partial charge in [-0.15, -0.1) is 0 Å². The van der Waals surface area contributed by atoms with Crippen molar-refractivity contribution >= 4 is 10.8 Å². The molecule has 19 heavy (non-hydrogen) atoms. The van der Waals surface area contributed by atoms with Crippen LogP contribution in [-0.2, 0) is 0 Å². The average Bonchev–Trinajstić information content (AvgIpc) is 2.38. The molecule has 0 radical (unpaired) electrons. The minimum Gasteiger partial charge on any atom is -0.465 e. The highest BCUT2D eigenvalue weighted by molar-refractivity contribution is 5.88. The minimum absolute atomic E-state index is 0.220. The Bertz CT molecular complexity index is 558. The first kappa shape index (κ1) is 13.6. The molecule has 0 heterocycles. The maximum Gasteiger partial charge on any atom is 0.134 e. The van der Waals surface area contributed by atoms with E-state index < -0.39 is 6.23 Å². The molecule has 2 rings (SSSR count). The zero-order chi connectivity index (χ0) is 13.7. The van der Waals surface area contributed by atoms with Crippen molar-refractivity contribution in [1.82, 2.24) is 5.32 Å². The summed E-state index contributed by atoms with van der Waals surface area (Å²) in [5, 5.41) is 14.8. The smallest absolute Gasteiger partial charge is 0.134 e. The number of hydrogen-bond donors (Lipinski definition) is 2. The molecule has 0 amide bonds. The Morgan fingerprint density at radius 2 is 1.84 bits per heavy atom. The fraction of sp³-hybridized carbons (Fsp3) is 0.250. The lowest BCUT2D eigenvalue weighted by Gasteiger charge is -2.11. The lowest BCUT2D eigenvalue weighted by Crippen LogP contribution is -2.32. The molecule has 2 aromatic carbocycles. The summed E-state index contributed by atoms with van der Waals surface area (Å²) in [7, 11) is 0. The SMILES string of the molecule is CC(C)NC(O)/C=C/Oc1cccc2ccccc12. The number of benzene rings is 2. The molecule has 0 aliphatic rings. The van der Waals surface area contributed by atoms with Gasteiger partial charge in [0.15, 0.2) is 0 Å². The summed E-state index contributed by atoms with van der Waals surface area (Å²) in [6, 6.07) is 14.2. The largest absolute Gasteiger partial charge is 0.465 e. The lowest BCUT2D eigenvalue weighted by atomic mass is 10.1. The maximum absolute atomic E-state index is 9.63. The van der Waals surface area contributed by atoms with E-state index in [0.717, 1.165) is 16.5 Å². The van der Waals surface area contributed by atoms with Crippen molar-refractivity contribution in [3.05, 3.63) is 54.8 Å². The van der Waals surface area contributed by atoms with E-state index in [-0.39, 0.29) is 6.04 Å². The van der Waals surface area contributed by atoms with Gasteiger partial charge in [-0.1, -0.05) is 36.4 Å². The first-order valence-corrected chi connectivity index (χ1v) is 6.42. The van der Waals surface area contributed by atoms with Crippen LogP contribution in [-0.4, -0.2) is 17.4 Å². The molecule has 0 saturated heterocycles. The summed E-state index contributed by atoms with van der Waals surface area (Å²) in [5.41, 5.74) is 0. The summed E-state index contributed by atoms with van der Waals surface area (Å²) >= 11 is 0. The molecule has 1 atom stereocenters. The quantitative estimate of drug-likeness (QED) is 0.639. The molecule has 0 fully saturated rings. The van der Waals surface area contributed by atoms with Crippen molar-refractivity contribution in [1.29, 1.82) is 0 Å². The number of rotatable bonds is 5. The first-order valence-electron chi connectivity index (χ1n) is 6.42. The number of aliphatic hydroxyl groups excluding tert-OH is 1. The molecule has 0 bridgehead atoms. The van der Waals surface area contributed by atoms with E-state index in [9.17, 15) is 5.11 Å². The van der Waals surface area contributed by atoms with Crippen LogP contribution >= 0.6 is 0 Å². The van der Waals surface area contributed by atoms with Crippen LogP contribution in [0.5, 0.6) is 5.75 Å². The Labute approximate surface area is 113 Å². The van der Waals surface area contributed by atoms with Crippen molar-refractivity contribution in [2.45, 2.75) is 26.1 Å². The fourth-order valence-corrected chi connectivity index (χ4v) is 1.88. The second kappa shape index (κ2) is 6.36. The summed E-state index contributed by atoms with van der Waals surface area (Å²) in [4.78, 5) is 0. The molecule has 2 aromatic rings. The van der Waals surface area contributed by atoms with Crippen LogP contribution in [0.1, 0.15) is 13.8 Å². The Kier molecular flexibility index (Phi) is 4.55. The third-order valence-electron chi connectivity index (χ3n) is 2.71. The molecule has 0 aromatic heterocycles. The van der Waals surface area contributed by atoms with Crippen LogP contribution in [0.4, 0.5) is 0 Å². The van der Waals surface area contributed by atoms with E-state index >= 15 is 0 Å². The lowest BCUT2D eigenvalue weighted by molar-refractivity contribution is 0.171. The van der Waals surface area contributed by atoms with E-state index in [0.29, 0.717) is 0 Å². The zero-order valence-corrected chi connectivity index (χ0v) is 11.2. The molecule has 0 aliphatic carbocycles. The third-order valence-corrected chi connectivity index (χ3v) is 2.71. The monoisotopic (exact) mass is 257 g/mol. The van der Waals surface area contributed by atoms with Gasteiger partial charge in [-0.3, -0.25) is 5.32 Å². The topological polar surface area (TPSA) is 41.5 Å². The molecule has 2 N–H and O–H groups in total. The molecule has 100 valence electrons. The molecular weight excluding hydrogens is 238 g/mol. The van der Waals surface area contributed by atoms with Gasteiger partial charge in [0.25, 0.3) is 0 Å². The third kappa shape index (κ3) is 3.81. The zero-order valence-electron chi connectivity index (χ0n) is 11.2. The highest BCUT2D eigenvalue weighted by Crippen LogP contribution is 2.25. The van der Waals surface area contributed by atoms with Gasteiger partial charge in [0.05, 0.1) is 6.26 Å². The predicted octanol–water partition coefficient (Wildman–Crippen LogP) is 3.05. The van der Waals surface area contributed by atoms with E-state index in [1.165, 1.54) is 6.26 Å². The molecule has 0 aliphatic heterocycles. The van der Waals surface area contributed by atoms with E-state index in [1.54, 1.807) is 6.08 Å². The number of hydrogen-bond acceptors (Lipinski definition) is 3. The Balaban J connectivity index is 2.08. The van der Waals surface area contributed by atoms with Gasteiger partial charge in [0.1, 0.15) is 12.0 Å². The highest BCUT2D eigenvalue weighted by Gasteiger charge is 2.01. The fourth-order valence-electron chi connectivity index (χ4n) is 1.88. The molecule has 3 heteroatoms. The number of fused-ring (bicyclic) bond motifs is 1. The average molecular weight is 257 g/mol. The summed E-state index contributed by atoms with van der Waals surface area (Å²) in [6.45, 7) is 3.95. The molecular formula is C16H19NO2. The van der Waals surface area contributed by atoms with Crippen LogP contribution in [0, 0.1) is 0 Å². The van der Waals surface area contributed by atoms with Gasteiger partial charge in [0, 0.05) is 11.4 Å². The molecule has 0 spiro atoms. The van der Waals surface area contributed by atoms with E-state index in [4.69, 9.17) is 4.74 Å². The standard InChI is InChI=1S/C16H19NO2/c1-12(2)17-16(18)10-11-19-15-9-5-7-13-6-3-4-8-14(13)15/h3-12,16-18H,1-2H3/b11-10+. The van der Waals surface area contributed by atoms with Crippen LogP contribution in [0.25, 0.3) is 10.8 Å². The van der Waals surface area contributed by atoms with Crippen molar-refractivity contribution in [2.75, 3.05) is 0 Å². The van der Waals surface area contributed by atoms with Crippen molar-refractivity contribution < 1.29 is 9.84 Å². The molecule has 1 unspecified atom stereocenters. The Morgan fingerprint density at radius 3 is 2.63 bits per heavy atom.